The summed E-state index contributed by atoms with van der Waals surface area (Å²) in [5, 5.41) is 6.89. The second-order valence-corrected chi connectivity index (χ2v) is 3.29. The Morgan fingerprint density at radius 3 is 2.54 bits per heavy atom. The van der Waals surface area contributed by atoms with Gasteiger partial charge in [0.2, 0.25) is 0 Å². The van der Waals surface area contributed by atoms with Crippen LogP contribution in [0.3, 0.4) is 0 Å². The van der Waals surface area contributed by atoms with Gasteiger partial charge in [-0.1, -0.05) is 29.8 Å². The van der Waals surface area contributed by atoms with Crippen molar-refractivity contribution in [3.05, 3.63) is 35.4 Å². The Labute approximate surface area is 78.2 Å². The van der Waals surface area contributed by atoms with E-state index in [-0.39, 0.29) is 6.47 Å². The maximum absolute atomic E-state index is 8.36. The van der Waals surface area contributed by atoms with Gasteiger partial charge in [-0.3, -0.25) is 4.79 Å². The Bertz CT molecular complexity index is 277. The van der Waals surface area contributed by atoms with E-state index in [1.165, 1.54) is 18.4 Å². The minimum Gasteiger partial charge on any atom is -0.483 e. The molecule has 0 radical (unpaired) electrons. The van der Waals surface area contributed by atoms with E-state index in [9.17, 15) is 0 Å². The van der Waals surface area contributed by atoms with Gasteiger partial charge in [0, 0.05) is 0 Å². The highest BCUT2D eigenvalue weighted by Crippen LogP contribution is 2.39. The fourth-order valence-corrected chi connectivity index (χ4v) is 1.34. The van der Waals surface area contributed by atoms with Crippen molar-refractivity contribution in [2.45, 2.75) is 25.7 Å². The molecular weight excluding hydrogens is 164 g/mol. The molecule has 1 aliphatic carbocycles. The van der Waals surface area contributed by atoms with Crippen LogP contribution >= 0.6 is 0 Å². The van der Waals surface area contributed by atoms with Gasteiger partial charge in [-0.25, -0.2) is 0 Å². The molecule has 1 saturated carbocycles. The van der Waals surface area contributed by atoms with E-state index in [0.717, 1.165) is 5.92 Å². The van der Waals surface area contributed by atoms with Crippen molar-refractivity contribution < 1.29 is 9.90 Å². The number of carboxylic acid groups (broad SMARTS) is 1. The van der Waals surface area contributed by atoms with Crippen molar-refractivity contribution in [1.82, 2.24) is 0 Å². The van der Waals surface area contributed by atoms with E-state index >= 15 is 0 Å². The van der Waals surface area contributed by atoms with Gasteiger partial charge in [0.15, 0.2) is 0 Å². The minimum atomic E-state index is -0.250. The second kappa shape index (κ2) is 4.65. The Morgan fingerprint density at radius 1 is 1.46 bits per heavy atom. The summed E-state index contributed by atoms with van der Waals surface area (Å²) < 4.78 is 0. The van der Waals surface area contributed by atoms with Gasteiger partial charge in [-0.05, 0) is 31.2 Å². The molecule has 1 aromatic carbocycles. The van der Waals surface area contributed by atoms with Crippen LogP contribution in [0.15, 0.2) is 24.3 Å². The van der Waals surface area contributed by atoms with E-state index in [0.29, 0.717) is 0 Å². The monoisotopic (exact) mass is 178 g/mol. The molecule has 0 aliphatic heterocycles. The number of aryl methyl sites for hydroxylation is 1. The average molecular weight is 178 g/mol. The normalized spacial score (nSPS) is 14.2. The van der Waals surface area contributed by atoms with Crippen LogP contribution in [-0.2, 0) is 4.79 Å². The Morgan fingerprint density at radius 2 is 2.08 bits per heavy atom. The van der Waals surface area contributed by atoms with E-state index in [1.807, 2.05) is 0 Å². The Balaban J connectivity index is 0.000000251. The van der Waals surface area contributed by atoms with E-state index < -0.39 is 0 Å². The van der Waals surface area contributed by atoms with Gasteiger partial charge in [0.25, 0.3) is 6.47 Å². The van der Waals surface area contributed by atoms with Crippen molar-refractivity contribution in [3.8, 4) is 0 Å². The van der Waals surface area contributed by atoms with E-state index in [2.05, 4.69) is 31.2 Å². The predicted molar refractivity (Wildman–Crippen MR) is 51.8 cm³/mol. The second-order valence-electron chi connectivity index (χ2n) is 3.29. The first kappa shape index (κ1) is 9.78. The zero-order valence-electron chi connectivity index (χ0n) is 7.73. The van der Waals surface area contributed by atoms with Crippen LogP contribution in [0.1, 0.15) is 29.9 Å². The van der Waals surface area contributed by atoms with Crippen LogP contribution in [0.25, 0.3) is 0 Å². The molecule has 0 saturated heterocycles. The van der Waals surface area contributed by atoms with Crippen LogP contribution in [0, 0.1) is 6.92 Å². The topological polar surface area (TPSA) is 37.3 Å². The fraction of sp³-hybridized carbons (Fsp3) is 0.364. The van der Waals surface area contributed by atoms with E-state index in [1.54, 1.807) is 5.56 Å². The van der Waals surface area contributed by atoms with Gasteiger partial charge in [-0.15, -0.1) is 0 Å². The highest BCUT2D eigenvalue weighted by molar-refractivity contribution is 5.32. The van der Waals surface area contributed by atoms with Gasteiger partial charge in [0.1, 0.15) is 0 Å². The first-order chi connectivity index (χ1) is 6.27. The lowest BCUT2D eigenvalue weighted by molar-refractivity contribution is -0.122. The largest absolute Gasteiger partial charge is 0.483 e. The van der Waals surface area contributed by atoms with Crippen LogP contribution in [0.4, 0.5) is 0 Å². The van der Waals surface area contributed by atoms with Gasteiger partial charge in [0.05, 0.1) is 0 Å². The summed E-state index contributed by atoms with van der Waals surface area (Å²) in [6, 6.07) is 8.86. The first-order valence-corrected chi connectivity index (χ1v) is 4.42. The standard InChI is InChI=1S/C10H12.CH2O2/c1-8-3-2-4-10(7-8)9-5-6-9;2-1-3/h2-4,7,9H,5-6H2,1H3;1H,(H,2,3). The van der Waals surface area contributed by atoms with E-state index in [4.69, 9.17) is 9.90 Å². The third-order valence-electron chi connectivity index (χ3n) is 2.09. The van der Waals surface area contributed by atoms with Gasteiger partial charge in [-0.2, -0.15) is 0 Å². The van der Waals surface area contributed by atoms with Crippen LogP contribution in [0.2, 0.25) is 0 Å². The van der Waals surface area contributed by atoms with Crippen LogP contribution in [0.5, 0.6) is 0 Å². The number of benzene rings is 1. The summed E-state index contributed by atoms with van der Waals surface area (Å²) in [6.07, 6.45) is 2.81. The molecule has 2 heteroatoms. The molecule has 0 atom stereocenters. The molecule has 0 unspecified atom stereocenters. The summed E-state index contributed by atoms with van der Waals surface area (Å²) in [5.41, 5.74) is 2.93. The predicted octanol–water partition coefficient (Wildman–Crippen LogP) is 2.57. The lowest BCUT2D eigenvalue weighted by atomic mass is 10.1. The molecule has 0 spiro atoms. The highest BCUT2D eigenvalue weighted by atomic mass is 16.3. The van der Waals surface area contributed by atoms with Gasteiger partial charge >= 0.3 is 0 Å². The SMILES string of the molecule is Cc1cccc(C2CC2)c1.O=CO. The van der Waals surface area contributed by atoms with Gasteiger partial charge < -0.3 is 5.11 Å². The van der Waals surface area contributed by atoms with Crippen molar-refractivity contribution in [2.24, 2.45) is 0 Å². The Hall–Kier alpha value is -1.31. The average Bonchev–Trinajstić information content (AvgIpc) is 2.87. The number of carbonyl (C=O) groups is 1. The maximum Gasteiger partial charge on any atom is 0.290 e. The first-order valence-electron chi connectivity index (χ1n) is 4.42. The molecule has 1 aliphatic rings. The van der Waals surface area contributed by atoms with Crippen LogP contribution < -0.4 is 0 Å². The molecule has 2 nitrogen and oxygen atoms in total. The Kier molecular flexibility index (Phi) is 3.50. The highest BCUT2D eigenvalue weighted by Gasteiger charge is 2.22. The van der Waals surface area contributed by atoms with Crippen molar-refractivity contribution >= 4 is 6.47 Å². The molecule has 0 aromatic heterocycles. The third kappa shape index (κ3) is 3.28. The lowest BCUT2D eigenvalue weighted by Gasteiger charge is -1.97. The summed E-state index contributed by atoms with van der Waals surface area (Å²) in [5.74, 6) is 0.903. The molecule has 0 amide bonds. The number of hydrogen-bond donors (Lipinski definition) is 1. The minimum absolute atomic E-state index is 0.250. The molecule has 70 valence electrons. The zero-order valence-corrected chi connectivity index (χ0v) is 7.73. The summed E-state index contributed by atoms with van der Waals surface area (Å²) in [7, 11) is 0. The summed E-state index contributed by atoms with van der Waals surface area (Å²) in [4.78, 5) is 8.36. The molecule has 1 fully saturated rings. The molecule has 2 rings (SSSR count). The molecule has 1 N–H and O–H groups in total. The smallest absolute Gasteiger partial charge is 0.290 e. The quantitative estimate of drug-likeness (QED) is 0.671. The summed E-state index contributed by atoms with van der Waals surface area (Å²) in [6.45, 7) is 1.91. The molecule has 13 heavy (non-hydrogen) atoms. The molecule has 1 aromatic rings. The van der Waals surface area contributed by atoms with Crippen molar-refractivity contribution in [3.63, 3.8) is 0 Å². The fourth-order valence-electron chi connectivity index (χ4n) is 1.34. The maximum atomic E-state index is 8.36. The summed E-state index contributed by atoms with van der Waals surface area (Å²) >= 11 is 0. The lowest BCUT2D eigenvalue weighted by Crippen LogP contribution is -1.78. The van der Waals surface area contributed by atoms with Crippen LogP contribution in [-0.4, -0.2) is 11.6 Å². The molecule has 0 heterocycles. The third-order valence-corrected chi connectivity index (χ3v) is 2.09. The number of rotatable bonds is 1. The van der Waals surface area contributed by atoms with Crippen molar-refractivity contribution in [2.75, 3.05) is 0 Å². The molecular formula is C11H14O2. The zero-order chi connectivity index (χ0) is 9.68. The number of hydrogen-bond acceptors (Lipinski definition) is 1. The molecule has 0 bridgehead atoms. The van der Waals surface area contributed by atoms with Crippen molar-refractivity contribution in [1.29, 1.82) is 0 Å².